The van der Waals surface area contributed by atoms with Crippen molar-refractivity contribution in [2.45, 2.75) is 25.4 Å². The molecule has 0 radical (unpaired) electrons. The van der Waals surface area contributed by atoms with Crippen LogP contribution in [0.4, 0.5) is 18.9 Å². The lowest BCUT2D eigenvalue weighted by Crippen LogP contribution is -2.37. The van der Waals surface area contributed by atoms with E-state index in [2.05, 4.69) is 10.3 Å². The molecule has 8 heteroatoms. The van der Waals surface area contributed by atoms with Crippen LogP contribution in [-0.4, -0.2) is 37.3 Å². The molecule has 0 aliphatic rings. The molecular formula is C17H20F3N3O2. The first kappa shape index (κ1) is 18.8. The van der Waals surface area contributed by atoms with Crippen LogP contribution in [0.15, 0.2) is 30.5 Å². The van der Waals surface area contributed by atoms with Gasteiger partial charge in [0.25, 0.3) is 0 Å². The highest BCUT2D eigenvalue weighted by Gasteiger charge is 2.38. The molecule has 2 N–H and O–H groups in total. The zero-order chi connectivity index (χ0) is 18.3. The Morgan fingerprint density at radius 3 is 2.64 bits per heavy atom. The third-order valence-electron chi connectivity index (χ3n) is 3.67. The number of benzene rings is 1. The van der Waals surface area contributed by atoms with Crippen LogP contribution in [0.1, 0.15) is 19.3 Å². The van der Waals surface area contributed by atoms with Gasteiger partial charge >= 0.3 is 12.1 Å². The Labute approximate surface area is 143 Å². The summed E-state index contributed by atoms with van der Waals surface area (Å²) < 4.78 is 41.3. The molecule has 0 saturated heterocycles. The second kappa shape index (κ2) is 8.55. The van der Waals surface area contributed by atoms with E-state index in [4.69, 9.17) is 4.74 Å². The molecule has 2 rings (SSSR count). The minimum Gasteiger partial charge on any atom is -0.494 e. The number of methoxy groups -OCH3 is 1. The normalized spacial score (nSPS) is 11.4. The third-order valence-corrected chi connectivity index (χ3v) is 3.67. The van der Waals surface area contributed by atoms with Gasteiger partial charge in [-0.1, -0.05) is 12.1 Å². The number of ether oxygens (including phenoxy) is 1. The summed E-state index contributed by atoms with van der Waals surface area (Å²) in [6.07, 6.45) is -1.15. The minimum absolute atomic E-state index is 0.0216. The number of nitrogens with one attached hydrogen (secondary N) is 2. The Kier molecular flexibility index (Phi) is 6.44. The fraction of sp³-hybridized carbons (Fsp3) is 0.412. The number of anilines is 1. The van der Waals surface area contributed by atoms with Crippen molar-refractivity contribution in [1.82, 2.24) is 10.3 Å². The maximum atomic E-state index is 12.0. The number of pyridine rings is 1. The van der Waals surface area contributed by atoms with E-state index in [-0.39, 0.29) is 6.54 Å². The molecule has 0 aliphatic heterocycles. The van der Waals surface area contributed by atoms with Crippen LogP contribution in [0.5, 0.6) is 5.75 Å². The van der Waals surface area contributed by atoms with Gasteiger partial charge in [-0.3, -0.25) is 9.78 Å². The molecule has 1 aromatic carbocycles. The van der Waals surface area contributed by atoms with E-state index >= 15 is 0 Å². The number of para-hydroxylation sites is 1. The quantitative estimate of drug-likeness (QED) is 0.712. The summed E-state index contributed by atoms with van der Waals surface area (Å²) in [5.41, 5.74) is 1.69. The summed E-state index contributed by atoms with van der Waals surface area (Å²) in [5, 5.41) is 6.11. The van der Waals surface area contributed by atoms with Crippen molar-refractivity contribution in [3.05, 3.63) is 30.5 Å². The number of fused-ring (bicyclic) bond motifs is 1. The number of alkyl halides is 3. The fourth-order valence-corrected chi connectivity index (χ4v) is 2.42. The Hall–Kier alpha value is -2.51. The number of hydrogen-bond donors (Lipinski definition) is 2. The van der Waals surface area contributed by atoms with Crippen LogP contribution in [0.3, 0.4) is 0 Å². The maximum Gasteiger partial charge on any atom is 0.471 e. The van der Waals surface area contributed by atoms with E-state index in [9.17, 15) is 18.0 Å². The van der Waals surface area contributed by atoms with Crippen molar-refractivity contribution in [1.29, 1.82) is 0 Å². The van der Waals surface area contributed by atoms with E-state index in [0.29, 0.717) is 25.1 Å². The minimum atomic E-state index is -4.81. The molecule has 0 spiro atoms. The molecule has 0 aliphatic carbocycles. The van der Waals surface area contributed by atoms with Crippen molar-refractivity contribution < 1.29 is 22.7 Å². The summed E-state index contributed by atoms with van der Waals surface area (Å²) in [7, 11) is 1.59. The van der Waals surface area contributed by atoms with E-state index in [0.717, 1.165) is 23.0 Å². The summed E-state index contributed by atoms with van der Waals surface area (Å²) >= 11 is 0. The lowest BCUT2D eigenvalue weighted by Gasteiger charge is -2.11. The number of carbonyl (C=O) groups excluding carboxylic acids is 1. The molecule has 0 atom stereocenters. The van der Waals surface area contributed by atoms with Gasteiger partial charge < -0.3 is 15.4 Å². The number of aromatic nitrogens is 1. The zero-order valence-electron chi connectivity index (χ0n) is 13.8. The van der Waals surface area contributed by atoms with Crippen molar-refractivity contribution in [2.24, 2.45) is 0 Å². The Bertz CT molecular complexity index is 720. The average Bonchev–Trinajstić information content (AvgIpc) is 2.59. The molecule has 1 heterocycles. The number of carbonyl (C=O) groups is 1. The first-order chi connectivity index (χ1) is 11.9. The predicted octanol–water partition coefficient (Wildman–Crippen LogP) is 3.50. The highest BCUT2D eigenvalue weighted by molar-refractivity contribution is 5.94. The van der Waals surface area contributed by atoms with Crippen molar-refractivity contribution in [2.75, 3.05) is 25.5 Å². The molecule has 0 fully saturated rings. The molecular weight excluding hydrogens is 335 g/mol. The average molecular weight is 355 g/mol. The van der Waals surface area contributed by atoms with E-state index in [1.165, 1.54) is 0 Å². The predicted molar refractivity (Wildman–Crippen MR) is 89.7 cm³/mol. The topological polar surface area (TPSA) is 63.2 Å². The van der Waals surface area contributed by atoms with Gasteiger partial charge in [0.05, 0.1) is 7.11 Å². The van der Waals surface area contributed by atoms with E-state index in [1.807, 2.05) is 29.6 Å². The summed E-state index contributed by atoms with van der Waals surface area (Å²) in [5.74, 6) is -1.19. The molecule has 0 unspecified atom stereocenters. The number of rotatable bonds is 8. The van der Waals surface area contributed by atoms with E-state index in [1.54, 1.807) is 13.3 Å². The largest absolute Gasteiger partial charge is 0.494 e. The van der Waals surface area contributed by atoms with Crippen molar-refractivity contribution in [3.63, 3.8) is 0 Å². The van der Waals surface area contributed by atoms with Crippen molar-refractivity contribution in [3.8, 4) is 5.75 Å². The van der Waals surface area contributed by atoms with E-state index < -0.39 is 12.1 Å². The third kappa shape index (κ3) is 5.23. The first-order valence-electron chi connectivity index (χ1n) is 7.94. The van der Waals surface area contributed by atoms with Crippen LogP contribution in [0.25, 0.3) is 10.9 Å². The van der Waals surface area contributed by atoms with Gasteiger partial charge in [0.15, 0.2) is 0 Å². The van der Waals surface area contributed by atoms with Crippen LogP contribution in [0.2, 0.25) is 0 Å². The Balaban J connectivity index is 1.76. The molecule has 0 saturated carbocycles. The second-order valence-electron chi connectivity index (χ2n) is 5.46. The maximum absolute atomic E-state index is 12.0. The van der Waals surface area contributed by atoms with Gasteiger partial charge in [-0.05, 0) is 31.4 Å². The lowest BCUT2D eigenvalue weighted by atomic mass is 10.1. The SMILES string of the molecule is COc1cccc2c(NCCCCCNC(=O)C(F)(F)F)ccnc12. The van der Waals surface area contributed by atoms with Gasteiger partial charge in [0, 0.05) is 30.4 Å². The monoisotopic (exact) mass is 355 g/mol. The van der Waals surface area contributed by atoms with Crippen LogP contribution >= 0.6 is 0 Å². The zero-order valence-corrected chi connectivity index (χ0v) is 13.8. The standard InChI is InChI=1S/C17H20F3N3O2/c1-25-14-7-5-6-12-13(8-11-22-15(12)14)21-9-3-2-4-10-23-16(24)17(18,19)20/h5-8,11H,2-4,9-10H2,1H3,(H,21,22)(H,23,24). The van der Waals surface area contributed by atoms with Gasteiger partial charge in [0.1, 0.15) is 11.3 Å². The number of hydrogen-bond acceptors (Lipinski definition) is 4. The van der Waals surface area contributed by atoms with Gasteiger partial charge in [-0.25, -0.2) is 0 Å². The van der Waals surface area contributed by atoms with Crippen molar-refractivity contribution >= 4 is 22.5 Å². The molecule has 25 heavy (non-hydrogen) atoms. The van der Waals surface area contributed by atoms with Gasteiger partial charge in [0.2, 0.25) is 0 Å². The summed E-state index contributed by atoms with van der Waals surface area (Å²) in [6, 6.07) is 7.54. The smallest absolute Gasteiger partial charge is 0.471 e. The Morgan fingerprint density at radius 2 is 1.92 bits per heavy atom. The van der Waals surface area contributed by atoms with Crippen LogP contribution < -0.4 is 15.4 Å². The fourth-order valence-electron chi connectivity index (χ4n) is 2.42. The highest BCUT2D eigenvalue weighted by Crippen LogP contribution is 2.28. The molecule has 1 amide bonds. The molecule has 0 bridgehead atoms. The second-order valence-corrected chi connectivity index (χ2v) is 5.46. The molecule has 136 valence electrons. The molecule has 2 aromatic rings. The van der Waals surface area contributed by atoms with Crippen LogP contribution in [0, 0.1) is 0 Å². The summed E-state index contributed by atoms with van der Waals surface area (Å²) in [4.78, 5) is 15.0. The number of unbranched alkanes of at least 4 members (excludes halogenated alkanes) is 2. The molecule has 5 nitrogen and oxygen atoms in total. The number of halogens is 3. The first-order valence-corrected chi connectivity index (χ1v) is 7.94. The Morgan fingerprint density at radius 1 is 1.16 bits per heavy atom. The van der Waals surface area contributed by atoms with Crippen LogP contribution in [-0.2, 0) is 4.79 Å². The van der Waals surface area contributed by atoms with Gasteiger partial charge in [-0.15, -0.1) is 0 Å². The summed E-state index contributed by atoms with van der Waals surface area (Å²) in [6.45, 7) is 0.692. The highest BCUT2D eigenvalue weighted by atomic mass is 19.4. The molecule has 1 aromatic heterocycles. The number of amides is 1. The lowest BCUT2D eigenvalue weighted by molar-refractivity contribution is -0.173. The number of nitrogens with zero attached hydrogens (tertiary/aromatic N) is 1. The van der Waals surface area contributed by atoms with Gasteiger partial charge in [-0.2, -0.15) is 13.2 Å².